The summed E-state index contributed by atoms with van der Waals surface area (Å²) >= 11 is 3.80. The predicted octanol–water partition coefficient (Wildman–Crippen LogP) is 0.765. The Morgan fingerprint density at radius 1 is 1.59 bits per heavy atom. The van der Waals surface area contributed by atoms with Gasteiger partial charge in [0, 0.05) is 18.9 Å². The van der Waals surface area contributed by atoms with Crippen molar-refractivity contribution < 1.29 is 14.3 Å². The number of thiol groups is 1. The van der Waals surface area contributed by atoms with Crippen LogP contribution in [0.4, 0.5) is 0 Å². The van der Waals surface area contributed by atoms with E-state index < -0.39 is 12.0 Å². The molecule has 17 heavy (non-hydrogen) atoms. The minimum Gasteiger partial charge on any atom is -0.453 e. The summed E-state index contributed by atoms with van der Waals surface area (Å²) in [6, 6.07) is 10.2. The van der Waals surface area contributed by atoms with Crippen molar-refractivity contribution in [3.63, 3.8) is 0 Å². The lowest BCUT2D eigenvalue weighted by Gasteiger charge is -2.15. The summed E-state index contributed by atoms with van der Waals surface area (Å²) in [7, 11) is 0. The lowest BCUT2D eigenvalue weighted by Crippen LogP contribution is -2.42. The van der Waals surface area contributed by atoms with E-state index in [0.717, 1.165) is 5.56 Å². The predicted molar refractivity (Wildman–Crippen MR) is 65.4 cm³/mol. The SMILES string of the molecule is CC(=O)NC(Cc1c#cccc1)C(=O)OCS. The molecule has 4 nitrogen and oxygen atoms in total. The van der Waals surface area contributed by atoms with Gasteiger partial charge in [0.25, 0.3) is 0 Å². The van der Waals surface area contributed by atoms with Crippen LogP contribution < -0.4 is 5.32 Å². The van der Waals surface area contributed by atoms with Crippen LogP contribution in [-0.4, -0.2) is 23.9 Å². The van der Waals surface area contributed by atoms with Crippen LogP contribution in [-0.2, 0) is 20.7 Å². The number of nitrogens with one attached hydrogen (secondary N) is 1. The number of carbonyl (C=O) groups excluding carboxylic acids is 2. The highest BCUT2D eigenvalue weighted by molar-refractivity contribution is 7.80. The van der Waals surface area contributed by atoms with E-state index in [1.54, 1.807) is 18.2 Å². The van der Waals surface area contributed by atoms with Gasteiger partial charge in [-0.15, -0.1) is 12.6 Å². The third kappa shape index (κ3) is 4.79. The Kier molecular flexibility index (Phi) is 5.37. The maximum atomic E-state index is 11.6. The van der Waals surface area contributed by atoms with Crippen LogP contribution in [0.2, 0.25) is 0 Å². The van der Waals surface area contributed by atoms with E-state index >= 15 is 0 Å². The van der Waals surface area contributed by atoms with Crippen LogP contribution in [0.3, 0.4) is 0 Å². The summed E-state index contributed by atoms with van der Waals surface area (Å²) < 4.78 is 4.76. The molecule has 1 N–H and O–H groups in total. The lowest BCUT2D eigenvalue weighted by atomic mass is 10.1. The van der Waals surface area contributed by atoms with Crippen molar-refractivity contribution in [1.29, 1.82) is 0 Å². The summed E-state index contributed by atoms with van der Waals surface area (Å²) in [5.41, 5.74) is 0.780. The lowest BCUT2D eigenvalue weighted by molar-refractivity contribution is -0.145. The molecular formula is C12H13NO3S. The summed E-state index contributed by atoms with van der Waals surface area (Å²) in [5.74, 6) is -0.807. The maximum absolute atomic E-state index is 11.6. The fraction of sp³-hybridized carbons (Fsp3) is 0.333. The van der Waals surface area contributed by atoms with Crippen molar-refractivity contribution in [3.8, 4) is 0 Å². The molecule has 1 atom stereocenters. The van der Waals surface area contributed by atoms with Gasteiger partial charge in [-0.05, 0) is 12.1 Å². The van der Waals surface area contributed by atoms with Gasteiger partial charge in [-0.25, -0.2) is 4.79 Å². The van der Waals surface area contributed by atoms with Gasteiger partial charge in [0.15, 0.2) is 0 Å². The first-order chi connectivity index (χ1) is 8.13. The molecule has 1 aromatic carbocycles. The molecule has 0 fully saturated rings. The Morgan fingerprint density at radius 3 is 2.88 bits per heavy atom. The van der Waals surface area contributed by atoms with E-state index in [4.69, 9.17) is 4.74 Å². The van der Waals surface area contributed by atoms with Gasteiger partial charge in [0.1, 0.15) is 12.0 Å². The average Bonchev–Trinajstić information content (AvgIpc) is 2.29. The number of amides is 1. The number of esters is 1. The standard InChI is InChI=1S/C12H13NO3S/c1-9(14)13-11(12(15)16-8-17)7-10-5-3-2-4-6-10/h2-3,5,11,17H,7-8H2,1H3,(H,13,14). The molecule has 1 amide bonds. The molecule has 90 valence electrons. The van der Waals surface area contributed by atoms with Crippen LogP contribution in [0.1, 0.15) is 12.5 Å². The molecule has 1 unspecified atom stereocenters. The van der Waals surface area contributed by atoms with Crippen molar-refractivity contribution >= 4 is 24.5 Å². The molecule has 0 aromatic heterocycles. The number of hydrogen-bond acceptors (Lipinski definition) is 4. The van der Waals surface area contributed by atoms with Gasteiger partial charge >= 0.3 is 5.97 Å². The highest BCUT2D eigenvalue weighted by Gasteiger charge is 2.21. The topological polar surface area (TPSA) is 55.4 Å². The quantitative estimate of drug-likeness (QED) is 0.461. The maximum Gasteiger partial charge on any atom is 0.329 e. The summed E-state index contributed by atoms with van der Waals surface area (Å²) in [6.45, 7) is 1.35. The largest absolute Gasteiger partial charge is 0.453 e. The fourth-order valence-corrected chi connectivity index (χ4v) is 1.46. The van der Waals surface area contributed by atoms with E-state index in [1.807, 2.05) is 0 Å². The van der Waals surface area contributed by atoms with Gasteiger partial charge in [0.05, 0.1) is 0 Å². The summed E-state index contributed by atoms with van der Waals surface area (Å²) in [4.78, 5) is 22.6. The zero-order chi connectivity index (χ0) is 12.7. The molecule has 0 spiro atoms. The van der Waals surface area contributed by atoms with Crippen LogP contribution in [0.15, 0.2) is 18.2 Å². The minimum absolute atomic E-state index is 0.0143. The van der Waals surface area contributed by atoms with Crippen molar-refractivity contribution in [1.82, 2.24) is 5.32 Å². The Labute approximate surface area is 106 Å². The van der Waals surface area contributed by atoms with Crippen LogP contribution >= 0.6 is 12.6 Å². The molecule has 1 aromatic rings. The van der Waals surface area contributed by atoms with E-state index in [1.165, 1.54) is 6.92 Å². The van der Waals surface area contributed by atoms with Crippen molar-refractivity contribution in [3.05, 3.63) is 35.9 Å². The molecule has 0 aliphatic heterocycles. The highest BCUT2D eigenvalue weighted by Crippen LogP contribution is 2.02. The third-order valence-corrected chi connectivity index (χ3v) is 2.13. The second-order valence-corrected chi connectivity index (χ2v) is 3.63. The van der Waals surface area contributed by atoms with Gasteiger partial charge < -0.3 is 10.1 Å². The van der Waals surface area contributed by atoms with Gasteiger partial charge in [-0.3, -0.25) is 4.79 Å². The van der Waals surface area contributed by atoms with E-state index in [9.17, 15) is 9.59 Å². The third-order valence-electron chi connectivity index (χ3n) is 2.00. The molecule has 0 heterocycles. The summed E-state index contributed by atoms with van der Waals surface area (Å²) in [5, 5.41) is 2.53. The first-order valence-electron chi connectivity index (χ1n) is 5.05. The number of rotatable bonds is 5. The van der Waals surface area contributed by atoms with Crippen molar-refractivity contribution in [2.75, 3.05) is 5.94 Å². The minimum atomic E-state index is -0.716. The van der Waals surface area contributed by atoms with Gasteiger partial charge in [-0.1, -0.05) is 18.2 Å². The molecule has 0 saturated heterocycles. The Balaban J connectivity index is 2.70. The first kappa shape index (κ1) is 13.4. The Bertz CT molecular complexity index is 381. The molecule has 5 heteroatoms. The Morgan fingerprint density at radius 2 is 2.35 bits per heavy atom. The van der Waals surface area contributed by atoms with Crippen molar-refractivity contribution in [2.24, 2.45) is 0 Å². The van der Waals surface area contributed by atoms with Crippen LogP contribution in [0.25, 0.3) is 0 Å². The molecule has 0 bridgehead atoms. The number of hydrogen-bond donors (Lipinski definition) is 2. The molecular weight excluding hydrogens is 238 g/mol. The second-order valence-electron chi connectivity index (χ2n) is 3.37. The fourth-order valence-electron chi connectivity index (χ4n) is 1.33. The highest BCUT2D eigenvalue weighted by atomic mass is 32.1. The monoisotopic (exact) mass is 251 g/mol. The molecule has 1 rings (SSSR count). The molecule has 0 aliphatic carbocycles. The molecule has 0 radical (unpaired) electrons. The smallest absolute Gasteiger partial charge is 0.329 e. The zero-order valence-electron chi connectivity index (χ0n) is 9.40. The number of ether oxygens (including phenoxy) is 1. The van der Waals surface area contributed by atoms with Crippen molar-refractivity contribution in [2.45, 2.75) is 19.4 Å². The summed E-state index contributed by atoms with van der Waals surface area (Å²) in [6.07, 6.45) is 0.323. The number of carbonyl (C=O) groups is 2. The average molecular weight is 251 g/mol. The van der Waals surface area contributed by atoms with E-state index in [0.29, 0.717) is 6.42 Å². The first-order valence-corrected chi connectivity index (χ1v) is 5.68. The van der Waals surface area contributed by atoms with E-state index in [-0.39, 0.29) is 11.8 Å². The second kappa shape index (κ2) is 6.81. The Hall–Kier alpha value is -1.67. The van der Waals surface area contributed by atoms with Gasteiger partial charge in [0.2, 0.25) is 5.91 Å². The van der Waals surface area contributed by atoms with E-state index in [2.05, 4.69) is 30.1 Å². The molecule has 0 saturated carbocycles. The van der Waals surface area contributed by atoms with Crippen LogP contribution in [0, 0.1) is 12.1 Å². The normalized spacial score (nSPS) is 11.2. The zero-order valence-corrected chi connectivity index (χ0v) is 10.3. The molecule has 0 aliphatic rings. The van der Waals surface area contributed by atoms with Crippen LogP contribution in [0.5, 0.6) is 0 Å². The van der Waals surface area contributed by atoms with Gasteiger partial charge in [-0.2, -0.15) is 0 Å².